The number of pyridine rings is 1. The fraction of sp³-hybridized carbons (Fsp3) is 0.0625. The van der Waals surface area contributed by atoms with Crippen molar-refractivity contribution >= 4 is 28.8 Å². The van der Waals surface area contributed by atoms with Crippen LogP contribution in [0.1, 0.15) is 16.1 Å². The van der Waals surface area contributed by atoms with Crippen LogP contribution in [-0.2, 0) is 0 Å². The fourth-order valence-electron chi connectivity index (χ4n) is 2.16. The predicted octanol–water partition coefficient (Wildman–Crippen LogP) is 2.91. The molecule has 0 unspecified atom stereocenters. The van der Waals surface area contributed by atoms with Crippen LogP contribution in [0, 0.1) is 6.92 Å². The molecule has 0 saturated carbocycles. The average molecular weight is 314 g/mol. The molecule has 0 radical (unpaired) electrons. The number of benzene rings is 1. The number of anilines is 1. The number of hydrogen-bond donors (Lipinski definition) is 1. The highest BCUT2D eigenvalue weighted by atomic mass is 35.5. The number of carbonyl (C=O) groups is 1. The van der Waals surface area contributed by atoms with Gasteiger partial charge in [-0.2, -0.15) is 0 Å². The lowest BCUT2D eigenvalue weighted by Gasteiger charge is -2.07. The van der Waals surface area contributed by atoms with Crippen LogP contribution in [0.4, 0.5) is 5.69 Å². The highest BCUT2D eigenvalue weighted by Crippen LogP contribution is 2.14. The van der Waals surface area contributed by atoms with Gasteiger partial charge in [-0.1, -0.05) is 17.7 Å². The van der Waals surface area contributed by atoms with E-state index in [0.29, 0.717) is 16.4 Å². The third-order valence-corrected chi connectivity index (χ3v) is 3.52. The summed E-state index contributed by atoms with van der Waals surface area (Å²) < 4.78 is 1.41. The van der Waals surface area contributed by atoms with Crippen molar-refractivity contribution < 1.29 is 4.79 Å². The molecule has 0 bridgehead atoms. The number of aryl methyl sites for hydroxylation is 1. The van der Waals surface area contributed by atoms with Gasteiger partial charge in [0.2, 0.25) is 0 Å². The molecule has 6 heteroatoms. The number of rotatable bonds is 2. The molecule has 0 fully saturated rings. The van der Waals surface area contributed by atoms with Crippen molar-refractivity contribution in [2.24, 2.45) is 0 Å². The van der Waals surface area contributed by atoms with Crippen molar-refractivity contribution in [2.75, 3.05) is 5.32 Å². The Morgan fingerprint density at radius 3 is 2.64 bits per heavy atom. The number of aromatic nitrogens is 2. The van der Waals surface area contributed by atoms with Gasteiger partial charge in [-0.3, -0.25) is 14.0 Å². The molecule has 1 N–H and O–H groups in total. The van der Waals surface area contributed by atoms with Crippen LogP contribution in [-0.4, -0.2) is 15.3 Å². The highest BCUT2D eigenvalue weighted by Gasteiger charge is 2.14. The summed E-state index contributed by atoms with van der Waals surface area (Å²) in [6.07, 6.45) is 1.29. The number of nitrogens with zero attached hydrogens (tertiary/aromatic N) is 2. The Balaban J connectivity index is 2.01. The third-order valence-electron chi connectivity index (χ3n) is 3.27. The molecule has 22 heavy (non-hydrogen) atoms. The van der Waals surface area contributed by atoms with E-state index < -0.39 is 11.5 Å². The fourth-order valence-corrected chi connectivity index (χ4v) is 2.29. The van der Waals surface area contributed by atoms with E-state index in [9.17, 15) is 9.59 Å². The molecule has 110 valence electrons. The molecule has 0 aliphatic carbocycles. The summed E-state index contributed by atoms with van der Waals surface area (Å²) in [5, 5.41) is 3.23. The van der Waals surface area contributed by atoms with Crippen LogP contribution in [0.5, 0.6) is 0 Å². The average Bonchev–Trinajstić information content (AvgIpc) is 2.50. The minimum Gasteiger partial charge on any atom is -0.322 e. The Bertz CT molecular complexity index is 917. The first-order valence-electron chi connectivity index (χ1n) is 6.60. The van der Waals surface area contributed by atoms with E-state index in [-0.39, 0.29) is 5.56 Å². The van der Waals surface area contributed by atoms with E-state index in [4.69, 9.17) is 11.6 Å². The van der Waals surface area contributed by atoms with Crippen LogP contribution < -0.4 is 10.9 Å². The number of hydrogen-bond acceptors (Lipinski definition) is 3. The summed E-state index contributed by atoms with van der Waals surface area (Å²) in [5.74, 6) is -0.502. The van der Waals surface area contributed by atoms with Gasteiger partial charge in [0.05, 0.1) is 0 Å². The second kappa shape index (κ2) is 5.61. The lowest BCUT2D eigenvalue weighted by molar-refractivity contribution is 0.102. The summed E-state index contributed by atoms with van der Waals surface area (Å²) in [4.78, 5) is 28.9. The van der Waals surface area contributed by atoms with Crippen LogP contribution in [0.25, 0.3) is 5.65 Å². The summed E-state index contributed by atoms with van der Waals surface area (Å²) in [7, 11) is 0. The van der Waals surface area contributed by atoms with Gasteiger partial charge in [0.1, 0.15) is 11.2 Å². The molecule has 3 rings (SSSR count). The summed E-state index contributed by atoms with van der Waals surface area (Å²) in [6, 6.07) is 12.0. The van der Waals surface area contributed by atoms with Crippen LogP contribution in [0.3, 0.4) is 0 Å². The Kier molecular flexibility index (Phi) is 3.65. The zero-order valence-corrected chi connectivity index (χ0v) is 12.5. The molecule has 0 aliphatic rings. The predicted molar refractivity (Wildman–Crippen MR) is 85.6 cm³/mol. The van der Waals surface area contributed by atoms with Gasteiger partial charge in [-0.25, -0.2) is 4.98 Å². The van der Waals surface area contributed by atoms with Gasteiger partial charge in [-0.15, -0.1) is 0 Å². The smallest absolute Gasteiger partial charge is 0.270 e. The molecule has 0 atom stereocenters. The van der Waals surface area contributed by atoms with E-state index in [1.807, 2.05) is 6.07 Å². The maximum absolute atomic E-state index is 12.5. The van der Waals surface area contributed by atoms with Crippen molar-refractivity contribution in [3.8, 4) is 0 Å². The molecule has 2 aromatic heterocycles. The monoisotopic (exact) mass is 313 g/mol. The Morgan fingerprint density at radius 1 is 1.18 bits per heavy atom. The van der Waals surface area contributed by atoms with Crippen LogP contribution >= 0.6 is 11.6 Å². The van der Waals surface area contributed by atoms with Crippen molar-refractivity contribution in [3.05, 3.63) is 75.3 Å². The minimum atomic E-state index is -0.502. The molecule has 1 aromatic carbocycles. The van der Waals surface area contributed by atoms with E-state index in [1.54, 1.807) is 43.3 Å². The minimum absolute atomic E-state index is 0.0123. The molecular weight excluding hydrogens is 302 g/mol. The zero-order chi connectivity index (χ0) is 15.7. The largest absolute Gasteiger partial charge is 0.322 e. The van der Waals surface area contributed by atoms with Gasteiger partial charge in [0.15, 0.2) is 0 Å². The number of halogens is 1. The molecule has 3 aromatic rings. The number of amides is 1. The molecule has 0 aliphatic heterocycles. The highest BCUT2D eigenvalue weighted by molar-refractivity contribution is 6.30. The van der Waals surface area contributed by atoms with Gasteiger partial charge in [0.25, 0.3) is 11.5 Å². The van der Waals surface area contributed by atoms with Gasteiger partial charge in [-0.05, 0) is 43.3 Å². The summed E-state index contributed by atoms with van der Waals surface area (Å²) in [6.45, 7) is 1.79. The van der Waals surface area contributed by atoms with E-state index >= 15 is 0 Å². The van der Waals surface area contributed by atoms with Gasteiger partial charge in [0, 0.05) is 22.6 Å². The first-order valence-corrected chi connectivity index (χ1v) is 6.98. The third kappa shape index (κ3) is 2.58. The van der Waals surface area contributed by atoms with Crippen molar-refractivity contribution in [2.45, 2.75) is 6.92 Å². The maximum atomic E-state index is 12.5. The Labute approximate surface area is 131 Å². The Hall–Kier alpha value is -2.66. The quantitative estimate of drug-likeness (QED) is 0.791. The van der Waals surface area contributed by atoms with E-state index in [0.717, 1.165) is 5.69 Å². The van der Waals surface area contributed by atoms with Crippen LogP contribution in [0.2, 0.25) is 5.02 Å². The molecule has 0 spiro atoms. The summed E-state index contributed by atoms with van der Waals surface area (Å²) in [5.41, 5.74) is 1.38. The lowest BCUT2D eigenvalue weighted by atomic mass is 10.2. The maximum Gasteiger partial charge on any atom is 0.270 e. The number of nitrogens with one attached hydrogen (secondary N) is 1. The van der Waals surface area contributed by atoms with Crippen molar-refractivity contribution in [1.29, 1.82) is 0 Å². The molecule has 1 amide bonds. The first-order chi connectivity index (χ1) is 10.6. The van der Waals surface area contributed by atoms with Crippen molar-refractivity contribution in [1.82, 2.24) is 9.38 Å². The van der Waals surface area contributed by atoms with Crippen LogP contribution in [0.15, 0.2) is 53.5 Å². The van der Waals surface area contributed by atoms with E-state index in [1.165, 1.54) is 10.6 Å². The van der Waals surface area contributed by atoms with Gasteiger partial charge >= 0.3 is 0 Å². The van der Waals surface area contributed by atoms with E-state index in [2.05, 4.69) is 10.3 Å². The standard InChI is InChI=1S/C16H12ClN3O2/c1-10-3-2-4-14-18-9-13(16(22)20(10)14)15(21)19-12-7-5-11(17)6-8-12/h2-9H,1H3,(H,19,21). The first kappa shape index (κ1) is 14.3. The SMILES string of the molecule is Cc1cccc2ncc(C(=O)Nc3ccc(Cl)cc3)c(=O)n12. The second-order valence-electron chi connectivity index (χ2n) is 4.80. The normalized spacial score (nSPS) is 10.6. The van der Waals surface area contributed by atoms with Crippen molar-refractivity contribution in [3.63, 3.8) is 0 Å². The lowest BCUT2D eigenvalue weighted by Crippen LogP contribution is -2.27. The number of carbonyl (C=O) groups excluding carboxylic acids is 1. The molecule has 0 saturated heterocycles. The summed E-state index contributed by atoms with van der Waals surface area (Å²) >= 11 is 5.80. The topological polar surface area (TPSA) is 63.5 Å². The zero-order valence-electron chi connectivity index (χ0n) is 11.7. The van der Waals surface area contributed by atoms with Gasteiger partial charge < -0.3 is 5.32 Å². The second-order valence-corrected chi connectivity index (χ2v) is 5.24. The molecular formula is C16H12ClN3O2. The molecule has 5 nitrogen and oxygen atoms in total. The number of fused-ring (bicyclic) bond motifs is 1. The molecule has 2 heterocycles. The Morgan fingerprint density at radius 2 is 1.91 bits per heavy atom.